The molecule has 0 unspecified atom stereocenters. The molecule has 0 aliphatic heterocycles. The fraction of sp³-hybridized carbons (Fsp3) is 0.364. The Kier molecular flexibility index (Phi) is 9.44. The molecular formula is C22H27ClFN3O2. The summed E-state index contributed by atoms with van der Waals surface area (Å²) in [7, 11) is 0. The number of nitrogens with one attached hydrogen (secondary N) is 2. The molecule has 0 spiro atoms. The molecule has 3 amide bonds. The van der Waals surface area contributed by atoms with Crippen molar-refractivity contribution >= 4 is 34.9 Å². The molecule has 156 valence electrons. The van der Waals surface area contributed by atoms with E-state index in [9.17, 15) is 14.0 Å². The van der Waals surface area contributed by atoms with Gasteiger partial charge in [-0.2, -0.15) is 0 Å². The van der Waals surface area contributed by atoms with E-state index in [1.54, 1.807) is 24.3 Å². The fourth-order valence-corrected chi connectivity index (χ4v) is 2.93. The molecule has 7 heteroatoms. The normalized spacial score (nSPS) is 10.4. The minimum atomic E-state index is -0.382. The van der Waals surface area contributed by atoms with Crippen LogP contribution in [0.5, 0.6) is 0 Å². The van der Waals surface area contributed by atoms with Crippen molar-refractivity contribution in [3.8, 4) is 0 Å². The van der Waals surface area contributed by atoms with E-state index in [2.05, 4.69) is 17.6 Å². The Hall–Kier alpha value is -2.60. The highest BCUT2D eigenvalue weighted by Crippen LogP contribution is 2.18. The molecule has 0 saturated carbocycles. The van der Waals surface area contributed by atoms with Crippen molar-refractivity contribution < 1.29 is 14.0 Å². The summed E-state index contributed by atoms with van der Waals surface area (Å²) in [5.41, 5.74) is 1.13. The van der Waals surface area contributed by atoms with Gasteiger partial charge in [0.05, 0.1) is 0 Å². The lowest BCUT2D eigenvalue weighted by atomic mass is 10.1. The number of urea groups is 1. The third-order valence-electron chi connectivity index (χ3n) is 4.39. The standard InChI is InChI=1S/C22H27ClFN3O2/c1-2-3-4-5-6-21(28)25-15-16-27(20-13-9-18(24)10-14-20)22(29)26-19-11-7-17(23)8-12-19/h7-14H,2-6,15-16H2,1H3,(H,25,28)(H,26,29). The monoisotopic (exact) mass is 419 g/mol. The minimum Gasteiger partial charge on any atom is -0.354 e. The van der Waals surface area contributed by atoms with Gasteiger partial charge < -0.3 is 10.6 Å². The molecule has 2 N–H and O–H groups in total. The zero-order chi connectivity index (χ0) is 21.1. The third-order valence-corrected chi connectivity index (χ3v) is 4.65. The predicted molar refractivity (Wildman–Crippen MR) is 116 cm³/mol. The maximum Gasteiger partial charge on any atom is 0.326 e. The van der Waals surface area contributed by atoms with Gasteiger partial charge in [0, 0.05) is 35.9 Å². The molecule has 0 aliphatic carbocycles. The number of hydrogen-bond acceptors (Lipinski definition) is 2. The second kappa shape index (κ2) is 12.1. The molecule has 0 radical (unpaired) electrons. The first-order valence-electron chi connectivity index (χ1n) is 9.86. The van der Waals surface area contributed by atoms with Gasteiger partial charge in [-0.1, -0.05) is 37.8 Å². The van der Waals surface area contributed by atoms with Crippen molar-refractivity contribution in [3.05, 3.63) is 59.4 Å². The fourth-order valence-electron chi connectivity index (χ4n) is 2.80. The molecule has 0 saturated heterocycles. The van der Waals surface area contributed by atoms with E-state index in [0.29, 0.717) is 29.4 Å². The number of halogens is 2. The van der Waals surface area contributed by atoms with E-state index < -0.39 is 0 Å². The van der Waals surface area contributed by atoms with Crippen LogP contribution in [-0.4, -0.2) is 25.0 Å². The van der Waals surface area contributed by atoms with Crippen LogP contribution in [0, 0.1) is 5.82 Å². The summed E-state index contributed by atoms with van der Waals surface area (Å²) in [6.07, 6.45) is 4.62. The highest BCUT2D eigenvalue weighted by Gasteiger charge is 2.16. The summed E-state index contributed by atoms with van der Waals surface area (Å²) in [5, 5.41) is 6.21. The molecule has 0 atom stereocenters. The largest absolute Gasteiger partial charge is 0.354 e. The Bertz CT molecular complexity index is 782. The van der Waals surface area contributed by atoms with Crippen LogP contribution in [0.15, 0.2) is 48.5 Å². The SMILES string of the molecule is CCCCCCC(=O)NCCN(C(=O)Nc1ccc(Cl)cc1)c1ccc(F)cc1. The van der Waals surface area contributed by atoms with Crippen LogP contribution in [-0.2, 0) is 4.79 Å². The lowest BCUT2D eigenvalue weighted by Crippen LogP contribution is -2.41. The first-order chi connectivity index (χ1) is 14.0. The number of rotatable bonds is 10. The predicted octanol–water partition coefficient (Wildman–Crippen LogP) is 5.60. The Balaban J connectivity index is 1.96. The molecule has 0 heterocycles. The van der Waals surface area contributed by atoms with Crippen LogP contribution >= 0.6 is 11.6 Å². The highest BCUT2D eigenvalue weighted by atomic mass is 35.5. The first kappa shape index (κ1) is 22.7. The van der Waals surface area contributed by atoms with E-state index in [0.717, 1.165) is 25.7 Å². The van der Waals surface area contributed by atoms with Gasteiger partial charge in [-0.05, 0) is 55.0 Å². The van der Waals surface area contributed by atoms with E-state index in [1.807, 2.05) is 0 Å². The molecule has 0 aromatic heterocycles. The molecule has 0 fully saturated rings. The zero-order valence-corrected chi connectivity index (χ0v) is 17.3. The number of carbonyl (C=O) groups is 2. The quantitative estimate of drug-likeness (QED) is 0.492. The lowest BCUT2D eigenvalue weighted by molar-refractivity contribution is -0.121. The van der Waals surface area contributed by atoms with Crippen LogP contribution in [0.2, 0.25) is 5.02 Å². The average Bonchev–Trinajstić information content (AvgIpc) is 2.71. The Morgan fingerprint density at radius 2 is 1.69 bits per heavy atom. The van der Waals surface area contributed by atoms with Crippen LogP contribution in [0.3, 0.4) is 0 Å². The summed E-state index contributed by atoms with van der Waals surface area (Å²) >= 11 is 5.87. The molecule has 2 aromatic carbocycles. The van der Waals surface area contributed by atoms with Crippen molar-refractivity contribution in [1.29, 1.82) is 0 Å². The van der Waals surface area contributed by atoms with Crippen LogP contribution < -0.4 is 15.5 Å². The van der Waals surface area contributed by atoms with Crippen molar-refractivity contribution in [2.45, 2.75) is 39.0 Å². The second-order valence-electron chi connectivity index (χ2n) is 6.73. The summed E-state index contributed by atoms with van der Waals surface area (Å²) in [4.78, 5) is 26.2. The minimum absolute atomic E-state index is 0.0294. The molecule has 2 aromatic rings. The van der Waals surface area contributed by atoms with E-state index in [-0.39, 0.29) is 24.3 Å². The Labute approximate surface area is 176 Å². The first-order valence-corrected chi connectivity index (χ1v) is 10.2. The second-order valence-corrected chi connectivity index (χ2v) is 7.16. The van der Waals surface area contributed by atoms with Crippen molar-refractivity contribution in [3.63, 3.8) is 0 Å². The molecule has 5 nitrogen and oxygen atoms in total. The van der Waals surface area contributed by atoms with Crippen molar-refractivity contribution in [2.24, 2.45) is 0 Å². The van der Waals surface area contributed by atoms with Gasteiger partial charge in [0.15, 0.2) is 0 Å². The van der Waals surface area contributed by atoms with Gasteiger partial charge in [0.2, 0.25) is 5.91 Å². The Morgan fingerprint density at radius 3 is 2.34 bits per heavy atom. The lowest BCUT2D eigenvalue weighted by Gasteiger charge is -2.23. The molecule has 2 rings (SSSR count). The molecule has 0 bridgehead atoms. The van der Waals surface area contributed by atoms with E-state index in [1.165, 1.54) is 29.2 Å². The number of benzene rings is 2. The maximum absolute atomic E-state index is 13.3. The zero-order valence-electron chi connectivity index (χ0n) is 16.6. The number of carbonyl (C=O) groups excluding carboxylic acids is 2. The molecule has 29 heavy (non-hydrogen) atoms. The number of anilines is 2. The third kappa shape index (κ3) is 8.11. The topological polar surface area (TPSA) is 61.4 Å². The van der Waals surface area contributed by atoms with Gasteiger partial charge in [-0.3, -0.25) is 9.69 Å². The summed E-state index contributed by atoms with van der Waals surface area (Å²) in [5.74, 6) is -0.412. The van der Waals surface area contributed by atoms with Gasteiger partial charge in [0.1, 0.15) is 5.82 Å². The highest BCUT2D eigenvalue weighted by molar-refractivity contribution is 6.30. The molecular weight excluding hydrogens is 393 g/mol. The number of amides is 3. The summed E-state index contributed by atoms with van der Waals surface area (Å²) < 4.78 is 13.3. The van der Waals surface area contributed by atoms with E-state index >= 15 is 0 Å². The van der Waals surface area contributed by atoms with Gasteiger partial charge in [0.25, 0.3) is 0 Å². The Morgan fingerprint density at radius 1 is 1.00 bits per heavy atom. The van der Waals surface area contributed by atoms with Gasteiger partial charge in [-0.25, -0.2) is 9.18 Å². The van der Waals surface area contributed by atoms with Crippen LogP contribution in [0.1, 0.15) is 39.0 Å². The van der Waals surface area contributed by atoms with Crippen molar-refractivity contribution in [2.75, 3.05) is 23.3 Å². The number of hydrogen-bond donors (Lipinski definition) is 2. The number of nitrogens with zero attached hydrogens (tertiary/aromatic N) is 1. The smallest absolute Gasteiger partial charge is 0.326 e. The maximum atomic E-state index is 13.3. The van der Waals surface area contributed by atoms with E-state index in [4.69, 9.17) is 11.6 Å². The van der Waals surface area contributed by atoms with Crippen LogP contribution in [0.4, 0.5) is 20.6 Å². The molecule has 0 aliphatic rings. The van der Waals surface area contributed by atoms with Gasteiger partial charge in [-0.15, -0.1) is 0 Å². The van der Waals surface area contributed by atoms with Crippen molar-refractivity contribution in [1.82, 2.24) is 5.32 Å². The van der Waals surface area contributed by atoms with Crippen LogP contribution in [0.25, 0.3) is 0 Å². The average molecular weight is 420 g/mol. The summed E-state index contributed by atoms with van der Waals surface area (Å²) in [6, 6.07) is 12.0. The number of unbranched alkanes of at least 4 members (excludes halogenated alkanes) is 3. The van der Waals surface area contributed by atoms with Gasteiger partial charge >= 0.3 is 6.03 Å². The summed E-state index contributed by atoms with van der Waals surface area (Å²) in [6.45, 7) is 2.68.